The number of hydrogen-bond donors (Lipinski definition) is 1. The molecule has 7 nitrogen and oxygen atoms in total. The van der Waals surface area contributed by atoms with Crippen LogP contribution in [0.1, 0.15) is 36.1 Å². The van der Waals surface area contributed by atoms with E-state index in [-0.39, 0.29) is 24.9 Å². The minimum atomic E-state index is -3.84. The summed E-state index contributed by atoms with van der Waals surface area (Å²) < 4.78 is 26.9. The maximum absolute atomic E-state index is 14.1. The Kier molecular flexibility index (Phi) is 10.2. The van der Waals surface area contributed by atoms with Crippen LogP contribution in [0, 0.1) is 13.8 Å². The number of benzene rings is 3. The van der Waals surface area contributed by atoms with E-state index in [2.05, 4.69) is 5.32 Å². The van der Waals surface area contributed by atoms with Crippen LogP contribution in [0.2, 0.25) is 5.02 Å². The molecule has 1 N–H and O–H groups in total. The molecule has 208 valence electrons. The molecule has 0 aliphatic carbocycles. The van der Waals surface area contributed by atoms with E-state index in [0.29, 0.717) is 16.3 Å². The first-order chi connectivity index (χ1) is 18.4. The molecule has 1 atom stereocenters. The van der Waals surface area contributed by atoms with Gasteiger partial charge in [-0.15, -0.1) is 0 Å². The largest absolute Gasteiger partial charge is 0.352 e. The van der Waals surface area contributed by atoms with Crippen molar-refractivity contribution in [3.05, 3.63) is 100 Å². The van der Waals surface area contributed by atoms with Crippen LogP contribution in [0.4, 0.5) is 5.69 Å². The van der Waals surface area contributed by atoms with Crippen molar-refractivity contribution in [1.29, 1.82) is 0 Å². The molecule has 0 bridgehead atoms. The number of sulfonamides is 1. The summed E-state index contributed by atoms with van der Waals surface area (Å²) in [5, 5.41) is 3.41. The van der Waals surface area contributed by atoms with Crippen LogP contribution in [0.3, 0.4) is 0 Å². The van der Waals surface area contributed by atoms with Crippen LogP contribution < -0.4 is 9.62 Å². The third kappa shape index (κ3) is 8.31. The fourth-order valence-corrected chi connectivity index (χ4v) is 5.53. The summed E-state index contributed by atoms with van der Waals surface area (Å²) in [6.07, 6.45) is 1.34. The lowest BCUT2D eigenvalue weighted by atomic mass is 10.0. The quantitative estimate of drug-likeness (QED) is 0.356. The van der Waals surface area contributed by atoms with Gasteiger partial charge in [0.05, 0.1) is 11.9 Å². The van der Waals surface area contributed by atoms with E-state index in [1.54, 1.807) is 25.1 Å². The molecule has 2 amide bonds. The van der Waals surface area contributed by atoms with Gasteiger partial charge in [0.15, 0.2) is 0 Å². The molecule has 0 aromatic heterocycles. The molecule has 9 heteroatoms. The molecule has 0 unspecified atom stereocenters. The van der Waals surface area contributed by atoms with Crippen LogP contribution in [-0.2, 0) is 32.6 Å². The number of aryl methyl sites for hydroxylation is 2. The summed E-state index contributed by atoms with van der Waals surface area (Å²) in [5.74, 6) is -0.790. The maximum atomic E-state index is 14.1. The van der Waals surface area contributed by atoms with Gasteiger partial charge >= 0.3 is 0 Å². The zero-order chi connectivity index (χ0) is 28.7. The Morgan fingerprint density at radius 3 is 2.15 bits per heavy atom. The molecule has 0 spiro atoms. The van der Waals surface area contributed by atoms with Crippen LogP contribution in [0.15, 0.2) is 72.8 Å². The lowest BCUT2D eigenvalue weighted by Gasteiger charge is -2.34. The molecule has 0 saturated carbocycles. The van der Waals surface area contributed by atoms with Crippen LogP contribution >= 0.6 is 11.6 Å². The highest BCUT2D eigenvalue weighted by molar-refractivity contribution is 7.92. The second kappa shape index (κ2) is 13.1. The van der Waals surface area contributed by atoms with Crippen molar-refractivity contribution in [2.24, 2.45) is 0 Å². The van der Waals surface area contributed by atoms with Gasteiger partial charge in [0.25, 0.3) is 0 Å². The van der Waals surface area contributed by atoms with Gasteiger partial charge in [-0.05, 0) is 68.1 Å². The topological polar surface area (TPSA) is 86.8 Å². The summed E-state index contributed by atoms with van der Waals surface area (Å²) >= 11 is 6.10. The van der Waals surface area contributed by atoms with Gasteiger partial charge < -0.3 is 10.2 Å². The van der Waals surface area contributed by atoms with E-state index in [1.165, 1.54) is 4.90 Å². The highest BCUT2D eigenvalue weighted by Crippen LogP contribution is 2.26. The van der Waals surface area contributed by atoms with E-state index in [9.17, 15) is 18.0 Å². The fraction of sp³-hybridized carbons (Fsp3) is 0.333. The Morgan fingerprint density at radius 1 is 0.923 bits per heavy atom. The smallest absolute Gasteiger partial charge is 0.244 e. The standard InChI is InChI=1S/C30H36ClN3O4S/c1-21(2)32-30(36)28(18-24-12-7-6-8-13-24)33(19-25-14-10-9-11-22(25)3)29(35)20-34(39(5,37)38)27-16-15-26(31)17-23(27)4/h6-17,21,28H,18-20H2,1-5H3,(H,32,36)/t28-/m0/s1. The molecule has 3 rings (SSSR count). The van der Waals surface area contributed by atoms with E-state index in [1.807, 2.05) is 75.4 Å². The van der Waals surface area contributed by atoms with Crippen LogP contribution in [0.5, 0.6) is 0 Å². The first kappa shape index (κ1) is 30.2. The third-order valence-electron chi connectivity index (χ3n) is 6.41. The Balaban J connectivity index is 2.08. The highest BCUT2D eigenvalue weighted by Gasteiger charge is 2.33. The summed E-state index contributed by atoms with van der Waals surface area (Å²) in [6.45, 7) is 7.08. The predicted octanol–water partition coefficient (Wildman–Crippen LogP) is 4.89. The SMILES string of the molecule is Cc1ccccc1CN(C(=O)CN(c1ccc(Cl)cc1C)S(C)(=O)=O)[C@@H](Cc1ccccc1)C(=O)NC(C)C. The molecule has 0 radical (unpaired) electrons. The summed E-state index contributed by atoms with van der Waals surface area (Å²) in [7, 11) is -3.84. The van der Waals surface area contributed by atoms with E-state index in [4.69, 9.17) is 11.6 Å². The number of carbonyl (C=O) groups is 2. The minimum Gasteiger partial charge on any atom is -0.352 e. The number of rotatable bonds is 11. The van der Waals surface area contributed by atoms with E-state index < -0.39 is 28.5 Å². The van der Waals surface area contributed by atoms with Gasteiger partial charge in [0.1, 0.15) is 12.6 Å². The Morgan fingerprint density at radius 2 is 1.56 bits per heavy atom. The van der Waals surface area contributed by atoms with Crippen LogP contribution in [0.25, 0.3) is 0 Å². The average molecular weight is 570 g/mol. The number of halogens is 1. The Hall–Kier alpha value is -3.36. The van der Waals surface area contributed by atoms with Crippen molar-refractivity contribution in [3.8, 4) is 0 Å². The number of carbonyl (C=O) groups excluding carboxylic acids is 2. The third-order valence-corrected chi connectivity index (χ3v) is 7.77. The lowest BCUT2D eigenvalue weighted by molar-refractivity contribution is -0.140. The molecule has 39 heavy (non-hydrogen) atoms. The maximum Gasteiger partial charge on any atom is 0.244 e. The normalized spacial score (nSPS) is 12.2. The summed E-state index contributed by atoms with van der Waals surface area (Å²) in [5.41, 5.74) is 3.70. The number of amides is 2. The molecule has 0 saturated heterocycles. The highest BCUT2D eigenvalue weighted by atomic mass is 35.5. The Bertz CT molecular complexity index is 1410. The van der Waals surface area contributed by atoms with Gasteiger partial charge in [-0.2, -0.15) is 0 Å². The molecule has 0 aliphatic heterocycles. The van der Waals surface area contributed by atoms with E-state index >= 15 is 0 Å². The van der Waals surface area contributed by atoms with Crippen molar-refractivity contribution in [2.45, 2.75) is 52.7 Å². The van der Waals surface area contributed by atoms with E-state index in [0.717, 1.165) is 27.3 Å². The molecule has 0 heterocycles. The van der Waals surface area contributed by atoms with Crippen molar-refractivity contribution in [1.82, 2.24) is 10.2 Å². The van der Waals surface area contributed by atoms with Gasteiger partial charge in [0.2, 0.25) is 21.8 Å². The zero-order valence-electron chi connectivity index (χ0n) is 23.0. The first-order valence-electron chi connectivity index (χ1n) is 12.8. The molecule has 3 aromatic rings. The molecular formula is C30H36ClN3O4S. The van der Waals surface area contributed by atoms with Crippen molar-refractivity contribution in [2.75, 3.05) is 17.1 Å². The first-order valence-corrected chi connectivity index (χ1v) is 15.0. The van der Waals surface area contributed by atoms with Gasteiger partial charge in [-0.3, -0.25) is 13.9 Å². The zero-order valence-corrected chi connectivity index (χ0v) is 24.6. The second-order valence-electron chi connectivity index (χ2n) is 10.0. The summed E-state index contributed by atoms with van der Waals surface area (Å²) in [6, 6.07) is 20.9. The number of nitrogens with zero attached hydrogens (tertiary/aromatic N) is 2. The second-order valence-corrected chi connectivity index (χ2v) is 12.4. The fourth-order valence-electron chi connectivity index (χ4n) is 4.40. The lowest BCUT2D eigenvalue weighted by Crippen LogP contribution is -2.54. The summed E-state index contributed by atoms with van der Waals surface area (Å²) in [4.78, 5) is 29.2. The van der Waals surface area contributed by atoms with Crippen molar-refractivity contribution in [3.63, 3.8) is 0 Å². The van der Waals surface area contributed by atoms with Gasteiger partial charge in [-0.1, -0.05) is 66.2 Å². The van der Waals surface area contributed by atoms with Crippen LogP contribution in [-0.4, -0.2) is 50.0 Å². The number of nitrogens with one attached hydrogen (secondary N) is 1. The average Bonchev–Trinajstić information content (AvgIpc) is 2.85. The molecule has 3 aromatic carbocycles. The molecule has 0 aliphatic rings. The van der Waals surface area contributed by atoms with Gasteiger partial charge in [-0.25, -0.2) is 8.42 Å². The van der Waals surface area contributed by atoms with Crippen molar-refractivity contribution < 1.29 is 18.0 Å². The predicted molar refractivity (Wildman–Crippen MR) is 157 cm³/mol. The molecule has 0 fully saturated rings. The monoisotopic (exact) mass is 569 g/mol. The van der Waals surface area contributed by atoms with Crippen molar-refractivity contribution >= 4 is 39.1 Å². The number of hydrogen-bond acceptors (Lipinski definition) is 4. The number of anilines is 1. The molecular weight excluding hydrogens is 534 g/mol. The Labute approximate surface area is 236 Å². The minimum absolute atomic E-state index is 0.143. The van der Waals surface area contributed by atoms with Gasteiger partial charge in [0, 0.05) is 24.0 Å².